The van der Waals surface area contributed by atoms with Crippen molar-refractivity contribution in [2.24, 2.45) is 0 Å². The van der Waals surface area contributed by atoms with E-state index >= 15 is 0 Å². The summed E-state index contributed by atoms with van der Waals surface area (Å²) in [6, 6.07) is 22.2. The standard InChI is InChI=1S/C26H23NO5S2/c1-29-20-9-5-19(6-10-20)27-25(28)24(34-26(27)33)17-18-3-7-22(8-4-18)31-15-16-32-23-13-11-21(30-2)12-14-23/h3-14,17H,15-16H2,1-2H3/b24-17-. The lowest BCUT2D eigenvalue weighted by molar-refractivity contribution is -0.113. The minimum Gasteiger partial charge on any atom is -0.497 e. The smallest absolute Gasteiger partial charge is 0.270 e. The largest absolute Gasteiger partial charge is 0.497 e. The number of carbonyl (C=O) groups excluding carboxylic acids is 1. The van der Waals surface area contributed by atoms with E-state index in [-0.39, 0.29) is 5.91 Å². The van der Waals surface area contributed by atoms with Gasteiger partial charge in [-0.3, -0.25) is 9.69 Å². The van der Waals surface area contributed by atoms with Crippen LogP contribution in [0.25, 0.3) is 6.08 Å². The van der Waals surface area contributed by atoms with Crippen LogP contribution >= 0.6 is 24.0 Å². The molecule has 0 N–H and O–H groups in total. The Morgan fingerprint density at radius 2 is 1.24 bits per heavy atom. The minimum absolute atomic E-state index is 0.142. The molecule has 3 aromatic rings. The van der Waals surface area contributed by atoms with E-state index < -0.39 is 0 Å². The monoisotopic (exact) mass is 493 g/mol. The number of rotatable bonds is 9. The average Bonchev–Trinajstić information content (AvgIpc) is 3.15. The summed E-state index contributed by atoms with van der Waals surface area (Å²) >= 11 is 6.72. The van der Waals surface area contributed by atoms with Crippen LogP contribution in [0, 0.1) is 0 Å². The van der Waals surface area contributed by atoms with Gasteiger partial charge in [0.2, 0.25) is 0 Å². The Kier molecular flexibility index (Phi) is 7.72. The number of thiocarbonyl (C=S) groups is 1. The number of nitrogens with zero attached hydrogens (tertiary/aromatic N) is 1. The number of ether oxygens (including phenoxy) is 4. The average molecular weight is 494 g/mol. The van der Waals surface area contributed by atoms with Gasteiger partial charge in [0, 0.05) is 0 Å². The first kappa shape index (κ1) is 23.7. The predicted molar refractivity (Wildman–Crippen MR) is 139 cm³/mol. The lowest BCUT2D eigenvalue weighted by Gasteiger charge is -2.14. The molecule has 1 aliphatic rings. The van der Waals surface area contributed by atoms with Crippen LogP contribution in [0.2, 0.25) is 0 Å². The van der Waals surface area contributed by atoms with Crippen molar-refractivity contribution < 1.29 is 23.7 Å². The molecule has 4 rings (SSSR count). The lowest BCUT2D eigenvalue weighted by Crippen LogP contribution is -2.27. The molecular weight excluding hydrogens is 470 g/mol. The van der Waals surface area contributed by atoms with Gasteiger partial charge in [-0.25, -0.2) is 0 Å². The molecule has 1 fully saturated rings. The van der Waals surface area contributed by atoms with Gasteiger partial charge in [0.25, 0.3) is 5.91 Å². The molecule has 0 atom stereocenters. The zero-order valence-corrected chi connectivity index (χ0v) is 20.4. The van der Waals surface area contributed by atoms with E-state index in [1.165, 1.54) is 16.7 Å². The number of thioether (sulfide) groups is 1. The lowest BCUT2D eigenvalue weighted by atomic mass is 10.2. The van der Waals surface area contributed by atoms with Gasteiger partial charge >= 0.3 is 0 Å². The normalized spacial score (nSPS) is 14.4. The maximum atomic E-state index is 12.9. The van der Waals surface area contributed by atoms with Crippen molar-refractivity contribution in [1.82, 2.24) is 0 Å². The van der Waals surface area contributed by atoms with E-state index in [1.54, 1.807) is 26.4 Å². The molecule has 34 heavy (non-hydrogen) atoms. The van der Waals surface area contributed by atoms with Gasteiger partial charge in [0.15, 0.2) is 4.32 Å². The van der Waals surface area contributed by atoms with Crippen LogP contribution in [0.15, 0.2) is 77.7 Å². The fraction of sp³-hybridized carbons (Fsp3) is 0.154. The van der Waals surface area contributed by atoms with Gasteiger partial charge in [-0.05, 0) is 72.3 Å². The molecule has 0 radical (unpaired) electrons. The van der Waals surface area contributed by atoms with Gasteiger partial charge in [-0.1, -0.05) is 36.1 Å². The molecule has 1 saturated heterocycles. The molecular formula is C26H23NO5S2. The number of hydrogen-bond acceptors (Lipinski definition) is 7. The van der Waals surface area contributed by atoms with Crippen molar-refractivity contribution in [2.45, 2.75) is 0 Å². The van der Waals surface area contributed by atoms with E-state index in [4.69, 9.17) is 31.2 Å². The van der Waals surface area contributed by atoms with Crippen molar-refractivity contribution in [3.63, 3.8) is 0 Å². The molecule has 174 valence electrons. The molecule has 1 aliphatic heterocycles. The second-order valence-electron chi connectivity index (χ2n) is 7.16. The zero-order chi connectivity index (χ0) is 23.9. The van der Waals surface area contributed by atoms with E-state index in [0.29, 0.717) is 28.1 Å². The highest BCUT2D eigenvalue weighted by Gasteiger charge is 2.33. The second-order valence-corrected chi connectivity index (χ2v) is 8.83. The molecule has 0 bridgehead atoms. The fourth-order valence-corrected chi connectivity index (χ4v) is 4.52. The summed E-state index contributed by atoms with van der Waals surface area (Å²) in [5, 5.41) is 0. The number of anilines is 1. The van der Waals surface area contributed by atoms with Crippen LogP contribution in [0.3, 0.4) is 0 Å². The Morgan fingerprint density at radius 1 is 0.765 bits per heavy atom. The molecule has 3 aromatic carbocycles. The van der Waals surface area contributed by atoms with Crippen LogP contribution in [0.1, 0.15) is 5.56 Å². The molecule has 8 heteroatoms. The maximum absolute atomic E-state index is 12.9. The van der Waals surface area contributed by atoms with E-state index in [1.807, 2.05) is 66.7 Å². The highest BCUT2D eigenvalue weighted by Crippen LogP contribution is 2.36. The SMILES string of the molecule is COc1ccc(OCCOc2ccc(/C=C3\SC(=S)N(c4ccc(OC)cc4)C3=O)cc2)cc1. The third kappa shape index (κ3) is 5.70. The quantitative estimate of drug-likeness (QED) is 0.219. The summed E-state index contributed by atoms with van der Waals surface area (Å²) in [4.78, 5) is 15.0. The van der Waals surface area contributed by atoms with Gasteiger partial charge < -0.3 is 18.9 Å². The van der Waals surface area contributed by atoms with Gasteiger partial charge in [-0.2, -0.15) is 0 Å². The summed E-state index contributed by atoms with van der Waals surface area (Å²) in [6.45, 7) is 0.827. The summed E-state index contributed by atoms with van der Waals surface area (Å²) in [6.07, 6.45) is 1.83. The Balaban J connectivity index is 1.31. The fourth-order valence-electron chi connectivity index (χ4n) is 3.22. The van der Waals surface area contributed by atoms with Crippen molar-refractivity contribution >= 4 is 46.0 Å². The van der Waals surface area contributed by atoms with Crippen LogP contribution in [-0.4, -0.2) is 37.7 Å². The number of benzene rings is 3. The highest BCUT2D eigenvalue weighted by atomic mass is 32.2. The van der Waals surface area contributed by atoms with Gasteiger partial charge in [0.1, 0.15) is 36.2 Å². The zero-order valence-electron chi connectivity index (χ0n) is 18.7. The third-order valence-corrected chi connectivity index (χ3v) is 6.28. The van der Waals surface area contributed by atoms with Gasteiger partial charge in [-0.15, -0.1) is 0 Å². The molecule has 0 spiro atoms. The number of carbonyl (C=O) groups is 1. The molecule has 0 aromatic heterocycles. The molecule has 0 saturated carbocycles. The van der Waals surface area contributed by atoms with Crippen LogP contribution in [-0.2, 0) is 4.79 Å². The van der Waals surface area contributed by atoms with Crippen LogP contribution in [0.4, 0.5) is 5.69 Å². The van der Waals surface area contributed by atoms with Crippen molar-refractivity contribution in [3.05, 3.63) is 83.3 Å². The summed E-state index contributed by atoms with van der Waals surface area (Å²) in [5.74, 6) is 2.84. The van der Waals surface area contributed by atoms with Crippen LogP contribution < -0.4 is 23.8 Å². The predicted octanol–water partition coefficient (Wildman–Crippen LogP) is 5.57. The molecule has 1 heterocycles. The maximum Gasteiger partial charge on any atom is 0.270 e. The highest BCUT2D eigenvalue weighted by molar-refractivity contribution is 8.27. The first-order valence-corrected chi connectivity index (χ1v) is 11.7. The van der Waals surface area contributed by atoms with Crippen molar-refractivity contribution in [3.8, 4) is 23.0 Å². The number of methoxy groups -OCH3 is 2. The van der Waals surface area contributed by atoms with E-state index in [9.17, 15) is 4.79 Å². The topological polar surface area (TPSA) is 57.2 Å². The van der Waals surface area contributed by atoms with Gasteiger partial charge in [0.05, 0.1) is 24.8 Å². The van der Waals surface area contributed by atoms with E-state index in [0.717, 1.165) is 28.6 Å². The Hall–Kier alpha value is -3.49. The number of hydrogen-bond donors (Lipinski definition) is 0. The van der Waals surface area contributed by atoms with E-state index in [2.05, 4.69) is 0 Å². The molecule has 6 nitrogen and oxygen atoms in total. The summed E-state index contributed by atoms with van der Waals surface area (Å²) in [7, 11) is 3.23. The molecule has 0 aliphatic carbocycles. The van der Waals surface area contributed by atoms with Crippen molar-refractivity contribution in [2.75, 3.05) is 32.3 Å². The number of amides is 1. The summed E-state index contributed by atoms with van der Waals surface area (Å²) < 4.78 is 22.2. The Labute approximate surface area is 208 Å². The Morgan fingerprint density at radius 3 is 1.76 bits per heavy atom. The first-order chi connectivity index (χ1) is 16.6. The third-order valence-electron chi connectivity index (χ3n) is 4.98. The minimum atomic E-state index is -0.142. The van der Waals surface area contributed by atoms with Crippen LogP contribution in [0.5, 0.6) is 23.0 Å². The Bertz CT molecular complexity index is 1180. The summed E-state index contributed by atoms with van der Waals surface area (Å²) in [5.41, 5.74) is 1.60. The molecule has 1 amide bonds. The van der Waals surface area contributed by atoms with Crippen molar-refractivity contribution in [1.29, 1.82) is 0 Å². The second kappa shape index (κ2) is 11.1. The first-order valence-electron chi connectivity index (χ1n) is 10.5. The molecule has 0 unspecified atom stereocenters.